The van der Waals surface area contributed by atoms with E-state index in [1.54, 1.807) is 19.9 Å². The summed E-state index contributed by atoms with van der Waals surface area (Å²) in [7, 11) is 1.66. The van der Waals surface area contributed by atoms with Gasteiger partial charge in [0.2, 0.25) is 0 Å². The Hall–Kier alpha value is -0.250. The maximum atomic E-state index is 11.5. The third-order valence-electron chi connectivity index (χ3n) is 2.68. The van der Waals surface area contributed by atoms with E-state index in [0.29, 0.717) is 16.1 Å². The van der Waals surface area contributed by atoms with Crippen LogP contribution in [-0.4, -0.2) is 8.42 Å². The summed E-state index contributed by atoms with van der Waals surface area (Å²) in [6.07, 6.45) is 0. The van der Waals surface area contributed by atoms with Crippen LogP contribution < -0.4 is 0 Å². The van der Waals surface area contributed by atoms with Crippen LogP contribution >= 0.6 is 22.3 Å². The highest BCUT2D eigenvalue weighted by atomic mass is 35.7. The van der Waals surface area contributed by atoms with Gasteiger partial charge in [0.1, 0.15) is 0 Å². The highest BCUT2D eigenvalue weighted by Crippen LogP contribution is 2.37. The highest BCUT2D eigenvalue weighted by molar-refractivity contribution is 8.13. The second-order valence-corrected chi connectivity index (χ2v) is 8.08. The van der Waals surface area contributed by atoms with Crippen molar-refractivity contribution in [1.82, 2.24) is 0 Å². The number of benzene rings is 1. The number of rotatable bonds is 1. The van der Waals surface area contributed by atoms with Crippen molar-refractivity contribution < 1.29 is 8.42 Å². The molecule has 0 saturated carbocycles. The first-order valence-electron chi connectivity index (χ1n) is 5.21. The van der Waals surface area contributed by atoms with E-state index >= 15 is 0 Å². The largest absolute Gasteiger partial charge is 0.261 e. The molecule has 0 spiro atoms. The van der Waals surface area contributed by atoms with Gasteiger partial charge in [0.15, 0.2) is 0 Å². The monoisotopic (exact) mass is 294 g/mol. The summed E-state index contributed by atoms with van der Waals surface area (Å²) in [5.74, 6) is 0. The Kier molecular flexibility index (Phi) is 3.88. The molecule has 0 fully saturated rings. The Balaban J connectivity index is 3.72. The molecule has 0 aliphatic carbocycles. The van der Waals surface area contributed by atoms with E-state index in [-0.39, 0.29) is 10.3 Å². The summed E-state index contributed by atoms with van der Waals surface area (Å²) in [5, 5.41) is 0.474. The van der Waals surface area contributed by atoms with E-state index in [2.05, 4.69) is 0 Å². The molecule has 0 aliphatic rings. The lowest BCUT2D eigenvalue weighted by Gasteiger charge is -2.23. The first-order chi connectivity index (χ1) is 7.46. The molecular weight excluding hydrogens is 279 g/mol. The molecule has 1 aromatic carbocycles. The third kappa shape index (κ3) is 2.95. The van der Waals surface area contributed by atoms with Gasteiger partial charge in [0, 0.05) is 15.7 Å². The summed E-state index contributed by atoms with van der Waals surface area (Å²) in [6.45, 7) is 9.50. The number of halogens is 2. The first kappa shape index (κ1) is 14.8. The highest BCUT2D eigenvalue weighted by Gasteiger charge is 2.25. The van der Waals surface area contributed by atoms with E-state index in [0.717, 1.165) is 5.56 Å². The van der Waals surface area contributed by atoms with Crippen LogP contribution in [-0.2, 0) is 14.5 Å². The van der Waals surface area contributed by atoms with Gasteiger partial charge in [0.05, 0.1) is 4.90 Å². The van der Waals surface area contributed by atoms with Crippen LogP contribution in [0.25, 0.3) is 0 Å². The Morgan fingerprint density at radius 1 is 1.18 bits per heavy atom. The van der Waals surface area contributed by atoms with E-state index in [1.807, 2.05) is 20.8 Å². The predicted molar refractivity (Wildman–Crippen MR) is 72.7 cm³/mol. The second kappa shape index (κ2) is 4.45. The first-order valence-corrected chi connectivity index (χ1v) is 7.90. The molecule has 96 valence electrons. The average molecular weight is 295 g/mol. The molecule has 5 heteroatoms. The Morgan fingerprint density at radius 2 is 1.65 bits per heavy atom. The fourth-order valence-corrected chi connectivity index (χ4v) is 3.98. The number of aryl methyl sites for hydroxylation is 1. The van der Waals surface area contributed by atoms with Crippen molar-refractivity contribution in [2.45, 2.75) is 44.9 Å². The molecule has 0 saturated heterocycles. The lowest BCUT2D eigenvalue weighted by molar-refractivity contribution is 0.586. The molecule has 0 bridgehead atoms. The summed E-state index contributed by atoms with van der Waals surface area (Å²) in [6, 6.07) is 1.80. The van der Waals surface area contributed by atoms with Crippen LogP contribution in [0.3, 0.4) is 0 Å². The van der Waals surface area contributed by atoms with Crippen molar-refractivity contribution in [2.24, 2.45) is 0 Å². The van der Waals surface area contributed by atoms with Crippen LogP contribution in [0.2, 0.25) is 5.02 Å². The second-order valence-electron chi connectivity index (χ2n) is 5.20. The van der Waals surface area contributed by atoms with E-state index in [4.69, 9.17) is 22.3 Å². The third-order valence-corrected chi connectivity index (χ3v) is 4.74. The molecular formula is C12H16Cl2O2S. The SMILES string of the molecule is Cc1cc(C(C)(C)C)c(Cl)c(C)c1S(=O)(=O)Cl. The maximum Gasteiger partial charge on any atom is 0.261 e. The van der Waals surface area contributed by atoms with Gasteiger partial charge in [-0.2, -0.15) is 0 Å². The van der Waals surface area contributed by atoms with E-state index in [9.17, 15) is 8.42 Å². The van der Waals surface area contributed by atoms with E-state index in [1.165, 1.54) is 0 Å². The van der Waals surface area contributed by atoms with Crippen LogP contribution in [0.4, 0.5) is 0 Å². The molecule has 0 aromatic heterocycles. The zero-order valence-electron chi connectivity index (χ0n) is 10.6. The molecule has 0 radical (unpaired) electrons. The predicted octanol–water partition coefficient (Wildman–Crippen LogP) is 4.18. The lowest BCUT2D eigenvalue weighted by atomic mass is 9.85. The lowest BCUT2D eigenvalue weighted by Crippen LogP contribution is -2.14. The molecule has 0 atom stereocenters. The Labute approximate surface area is 112 Å². The summed E-state index contributed by atoms with van der Waals surface area (Å²) >= 11 is 6.24. The molecule has 2 nitrogen and oxygen atoms in total. The quantitative estimate of drug-likeness (QED) is 0.728. The molecule has 0 amide bonds. The van der Waals surface area contributed by atoms with Crippen molar-refractivity contribution in [3.05, 3.63) is 27.8 Å². The van der Waals surface area contributed by atoms with Crippen LogP contribution in [0.1, 0.15) is 37.5 Å². The van der Waals surface area contributed by atoms with Crippen molar-refractivity contribution in [3.8, 4) is 0 Å². The van der Waals surface area contributed by atoms with Crippen LogP contribution in [0.5, 0.6) is 0 Å². The maximum absolute atomic E-state index is 11.5. The van der Waals surface area contributed by atoms with Gasteiger partial charge in [-0.1, -0.05) is 38.4 Å². The van der Waals surface area contributed by atoms with Crippen molar-refractivity contribution in [3.63, 3.8) is 0 Å². The molecule has 1 rings (SSSR count). The molecule has 0 aliphatic heterocycles. The summed E-state index contributed by atoms with van der Waals surface area (Å²) < 4.78 is 23.0. The van der Waals surface area contributed by atoms with Gasteiger partial charge >= 0.3 is 0 Å². The van der Waals surface area contributed by atoms with Gasteiger partial charge in [-0.05, 0) is 36.0 Å². The topological polar surface area (TPSA) is 34.1 Å². The van der Waals surface area contributed by atoms with Crippen molar-refractivity contribution in [1.29, 1.82) is 0 Å². The average Bonchev–Trinajstić information content (AvgIpc) is 2.07. The summed E-state index contributed by atoms with van der Waals surface area (Å²) in [5.41, 5.74) is 1.94. The van der Waals surface area contributed by atoms with Gasteiger partial charge in [-0.25, -0.2) is 8.42 Å². The van der Waals surface area contributed by atoms with Gasteiger partial charge in [-0.3, -0.25) is 0 Å². The fraction of sp³-hybridized carbons (Fsp3) is 0.500. The minimum absolute atomic E-state index is 0.122. The number of hydrogen-bond acceptors (Lipinski definition) is 2. The van der Waals surface area contributed by atoms with Gasteiger partial charge in [-0.15, -0.1) is 0 Å². The Bertz CT molecular complexity index is 555. The van der Waals surface area contributed by atoms with Gasteiger partial charge in [0.25, 0.3) is 9.05 Å². The zero-order chi connectivity index (χ0) is 13.6. The summed E-state index contributed by atoms with van der Waals surface area (Å²) in [4.78, 5) is 0.122. The van der Waals surface area contributed by atoms with Crippen LogP contribution in [0, 0.1) is 13.8 Å². The normalized spacial score (nSPS) is 12.9. The smallest absolute Gasteiger partial charge is 0.207 e. The minimum atomic E-state index is -3.76. The molecule has 0 heterocycles. The molecule has 0 unspecified atom stereocenters. The molecule has 1 aromatic rings. The van der Waals surface area contributed by atoms with Crippen molar-refractivity contribution >= 4 is 31.3 Å². The number of hydrogen-bond donors (Lipinski definition) is 0. The zero-order valence-corrected chi connectivity index (χ0v) is 12.9. The standard InChI is InChI=1S/C12H16Cl2O2S/c1-7-6-9(12(3,4)5)10(13)8(2)11(7)17(14,15)16/h6H,1-5H3. The minimum Gasteiger partial charge on any atom is -0.207 e. The van der Waals surface area contributed by atoms with E-state index < -0.39 is 9.05 Å². The molecule has 0 N–H and O–H groups in total. The Morgan fingerprint density at radius 3 is 2.00 bits per heavy atom. The molecule has 17 heavy (non-hydrogen) atoms. The van der Waals surface area contributed by atoms with Crippen molar-refractivity contribution in [2.75, 3.05) is 0 Å². The fourth-order valence-electron chi connectivity index (χ4n) is 1.86. The van der Waals surface area contributed by atoms with Crippen LogP contribution in [0.15, 0.2) is 11.0 Å². The van der Waals surface area contributed by atoms with Gasteiger partial charge < -0.3 is 0 Å².